The molecule has 0 heterocycles. The molecule has 0 saturated carbocycles. The molecule has 0 aliphatic heterocycles. The van der Waals surface area contributed by atoms with Crippen LogP contribution in [0, 0.1) is 5.41 Å². The minimum absolute atomic E-state index is 0.180. The van der Waals surface area contributed by atoms with Crippen molar-refractivity contribution in [3.05, 3.63) is 0 Å². The fraction of sp³-hybridized carbons (Fsp3) is 1.00. The lowest BCUT2D eigenvalue weighted by molar-refractivity contribution is 0.0212. The number of hydrogen-bond donors (Lipinski definition) is 0. The number of rotatable bonds is 12. The van der Waals surface area contributed by atoms with Gasteiger partial charge < -0.3 is 0 Å². The molecule has 176 valence electrons. The van der Waals surface area contributed by atoms with Crippen LogP contribution >= 0.6 is 172 Å². The van der Waals surface area contributed by atoms with E-state index in [0.717, 1.165) is 0 Å². The number of hydrogen-bond acceptors (Lipinski definition) is 4. The van der Waals surface area contributed by atoms with Gasteiger partial charge in [0.25, 0.3) is 9.04 Å². The van der Waals surface area contributed by atoms with Gasteiger partial charge in [-0.3, -0.25) is 0 Å². The van der Waals surface area contributed by atoms with Crippen molar-refractivity contribution in [3.63, 3.8) is 0 Å². The van der Waals surface area contributed by atoms with Gasteiger partial charge in [-0.2, -0.15) is 0 Å². The zero-order valence-electron chi connectivity index (χ0n) is 14.1. The molecule has 0 aromatic carbocycles. The maximum atomic E-state index is 13.5. The summed E-state index contributed by atoms with van der Waals surface area (Å²) in [6, 6.07) is 0. The topological polar surface area (TPSA) is 44.8 Å². The molecule has 0 bridgehead atoms. The van der Waals surface area contributed by atoms with Crippen LogP contribution in [0.3, 0.4) is 0 Å². The smallest absolute Gasteiger partial charge is 0.249 e. The summed E-state index contributed by atoms with van der Waals surface area (Å²) < 4.78 is 17.3. The van der Waals surface area contributed by atoms with E-state index in [-0.39, 0.29) is 16.0 Å². The van der Waals surface area contributed by atoms with Gasteiger partial charge in [-0.15, -0.1) is 0 Å². The zero-order valence-corrected chi connectivity index (χ0v) is 27.3. The molecule has 0 spiro atoms. The van der Waals surface area contributed by atoms with Crippen molar-refractivity contribution in [3.8, 4) is 0 Å². The van der Waals surface area contributed by atoms with E-state index in [4.69, 9.17) is 130 Å². The van der Waals surface area contributed by atoms with E-state index < -0.39 is 35.5 Å². The van der Waals surface area contributed by atoms with Crippen molar-refractivity contribution in [2.45, 2.75) is 36.1 Å². The van der Waals surface area contributed by atoms with Crippen LogP contribution in [0.4, 0.5) is 0 Å². The second-order valence-corrected chi connectivity index (χ2v) is 15.8. The predicted octanol–water partition coefficient (Wildman–Crippen LogP) is 10.1. The highest BCUT2D eigenvalue weighted by Crippen LogP contribution is 2.68. The summed E-state index contributed by atoms with van der Waals surface area (Å²) in [7, 11) is -5.10. The van der Waals surface area contributed by atoms with Crippen LogP contribution in [0.25, 0.3) is 0 Å². The minimum Gasteiger partial charge on any atom is -0.249 e. The van der Waals surface area contributed by atoms with Crippen LogP contribution in [0.15, 0.2) is 0 Å². The van der Waals surface area contributed by atoms with Crippen molar-refractivity contribution in [2.75, 3.05) is 16.0 Å². The summed E-state index contributed by atoms with van der Waals surface area (Å²) in [6.07, 6.45) is 0. The van der Waals surface area contributed by atoms with Gasteiger partial charge in [0.1, 0.15) is 0 Å². The van der Waals surface area contributed by atoms with Crippen molar-refractivity contribution in [1.29, 1.82) is 0 Å². The first kappa shape index (κ1) is 33.4. The van der Waals surface area contributed by atoms with E-state index in [1.807, 2.05) is 0 Å². The van der Waals surface area contributed by atoms with Crippen LogP contribution in [-0.4, -0.2) is 38.2 Å². The lowest BCUT2D eigenvalue weighted by Crippen LogP contribution is -2.45. The fourth-order valence-electron chi connectivity index (χ4n) is 0.968. The van der Waals surface area contributed by atoms with E-state index in [0.29, 0.717) is 0 Å². The van der Waals surface area contributed by atoms with Gasteiger partial charge in [0.2, 0.25) is 4.52 Å². The Kier molecular flexibility index (Phi) is 13.5. The van der Waals surface area contributed by atoms with Crippen LogP contribution in [0.2, 0.25) is 0 Å². The van der Waals surface area contributed by atoms with Gasteiger partial charge in [0.15, 0.2) is 8.67 Å². The average molecular weight is 833 g/mol. The molecule has 0 atom stereocenters. The van der Waals surface area contributed by atoms with E-state index in [1.165, 1.54) is 0 Å². The third kappa shape index (κ3) is 8.81. The molecule has 0 aromatic heterocycles. The van der Waals surface area contributed by atoms with E-state index in [9.17, 15) is 4.57 Å². The molecule has 0 rings (SSSR count). The molecule has 0 unspecified atom stereocenters. The first-order valence-corrected chi connectivity index (χ1v) is 15.4. The lowest BCUT2D eigenvalue weighted by atomic mass is 9.98. The fourth-order valence-corrected chi connectivity index (χ4v) is 6.93. The van der Waals surface area contributed by atoms with E-state index in [2.05, 4.69) is 47.8 Å². The first-order valence-electron chi connectivity index (χ1n) is 6.84. The molecule has 0 aliphatic carbocycles. The normalized spacial score (nSPS) is 15.7. The lowest BCUT2D eigenvalue weighted by Gasteiger charge is -2.41. The van der Waals surface area contributed by atoms with Crippen molar-refractivity contribution >= 4 is 172 Å². The van der Waals surface area contributed by atoms with Gasteiger partial charge in [0.05, 0.1) is 0 Å². The Hall–Kier alpha value is 4.45. The second kappa shape index (κ2) is 11.7. The van der Waals surface area contributed by atoms with Crippen LogP contribution in [0.5, 0.6) is 0 Å². The Morgan fingerprint density at radius 3 is 1.14 bits per heavy atom. The van der Waals surface area contributed by atoms with Crippen molar-refractivity contribution < 1.29 is 18.1 Å². The molecule has 0 aromatic rings. The second-order valence-electron chi connectivity index (χ2n) is 5.97. The molecular weight excluding hydrogens is 821 g/mol. The summed E-state index contributed by atoms with van der Waals surface area (Å²) in [5.74, 6) is 0. The minimum atomic E-state index is -5.10. The standard InChI is InChI=1S/C11H12Br3Cl10O4P/c1-6(2,3-12)9(19,20)26-29(25,27-10(21,22)7(15,16)4-13)28-11(23,24)8(17,18)5-14/h3-5H2,1-2H3. The highest BCUT2D eigenvalue weighted by Gasteiger charge is 2.61. The van der Waals surface area contributed by atoms with Gasteiger partial charge in [-0.1, -0.05) is 178 Å². The Balaban J connectivity index is 6.31. The van der Waals surface area contributed by atoms with Gasteiger partial charge in [-0.25, -0.2) is 18.1 Å². The number of alkyl halides is 13. The average Bonchev–Trinajstić information content (AvgIpc) is 2.51. The first-order chi connectivity index (χ1) is 12.6. The maximum absolute atomic E-state index is 13.5. The Morgan fingerprint density at radius 1 is 0.621 bits per heavy atom. The molecule has 4 nitrogen and oxygen atoms in total. The number of phosphoric acid groups is 1. The zero-order chi connectivity index (χ0) is 23.7. The molecule has 0 N–H and O–H groups in total. The van der Waals surface area contributed by atoms with Gasteiger partial charge in [-0.05, 0) is 0 Å². The van der Waals surface area contributed by atoms with Crippen molar-refractivity contribution in [2.24, 2.45) is 5.41 Å². The monoisotopic (exact) mass is 825 g/mol. The van der Waals surface area contributed by atoms with Crippen LogP contribution < -0.4 is 0 Å². The maximum Gasteiger partial charge on any atom is 0.483 e. The highest BCUT2D eigenvalue weighted by molar-refractivity contribution is 9.09. The molecule has 0 fully saturated rings. The number of halogens is 13. The summed E-state index contributed by atoms with van der Waals surface area (Å²) in [5.41, 5.74) is -1.08. The molecular formula is C11H12Br3Cl10O4P. The van der Waals surface area contributed by atoms with Gasteiger partial charge in [0, 0.05) is 21.4 Å². The third-order valence-electron chi connectivity index (χ3n) is 2.99. The summed E-state index contributed by atoms with van der Waals surface area (Å²) in [4.78, 5) is 0. The molecule has 0 saturated heterocycles. The Morgan fingerprint density at radius 2 is 0.897 bits per heavy atom. The molecule has 18 heteroatoms. The number of phosphoric ester groups is 1. The summed E-state index contributed by atoms with van der Waals surface area (Å²) in [5, 5.41) is -0.294. The predicted molar refractivity (Wildman–Crippen MR) is 138 cm³/mol. The quantitative estimate of drug-likeness (QED) is 0.145. The summed E-state index contributed by atoms with van der Waals surface area (Å²) in [6.45, 7) is 3.13. The summed E-state index contributed by atoms with van der Waals surface area (Å²) >= 11 is 69.7. The van der Waals surface area contributed by atoms with E-state index in [1.54, 1.807) is 13.8 Å². The molecule has 0 aliphatic rings. The third-order valence-corrected chi connectivity index (χ3v) is 14.7. The SMILES string of the molecule is CC(C)(CBr)C(Cl)(Cl)OP(=O)(OC(Cl)(Cl)C(Cl)(Cl)CBr)OC(Cl)(Cl)C(Cl)(Cl)CBr. The largest absolute Gasteiger partial charge is 0.483 e. The van der Waals surface area contributed by atoms with Crippen LogP contribution in [0.1, 0.15) is 13.8 Å². The molecule has 0 amide bonds. The highest BCUT2D eigenvalue weighted by atomic mass is 79.9. The van der Waals surface area contributed by atoms with E-state index >= 15 is 0 Å². The Bertz CT molecular complexity index is 539. The van der Waals surface area contributed by atoms with Gasteiger partial charge >= 0.3 is 7.82 Å². The Labute approximate surface area is 244 Å². The van der Waals surface area contributed by atoms with Crippen molar-refractivity contribution in [1.82, 2.24) is 0 Å². The molecule has 0 radical (unpaired) electrons. The van der Waals surface area contributed by atoms with Crippen LogP contribution in [-0.2, 0) is 18.1 Å². The molecule has 29 heavy (non-hydrogen) atoms.